The summed E-state index contributed by atoms with van der Waals surface area (Å²) in [6.07, 6.45) is 5.48. The molecule has 0 spiro atoms. The third kappa shape index (κ3) is 11.1. The molecule has 0 heterocycles. The number of rotatable bonds is 2. The second-order valence-corrected chi connectivity index (χ2v) is 1.50. The lowest BCUT2D eigenvalue weighted by Gasteiger charge is -1.81. The van der Waals surface area contributed by atoms with Gasteiger partial charge in [0.05, 0.1) is 8.41 Å². The van der Waals surface area contributed by atoms with Crippen molar-refractivity contribution in [2.45, 2.75) is 26.2 Å². The van der Waals surface area contributed by atoms with E-state index in [2.05, 4.69) is 29.7 Å². The van der Waals surface area contributed by atoms with Crippen LogP contribution in [0.15, 0.2) is 0 Å². The van der Waals surface area contributed by atoms with E-state index in [9.17, 15) is 0 Å². The summed E-state index contributed by atoms with van der Waals surface area (Å²) < 4.78 is 0. The lowest BCUT2D eigenvalue weighted by molar-refractivity contribution is 0.291. The first-order valence-corrected chi connectivity index (χ1v) is 2.75. The molecule has 9 heavy (non-hydrogen) atoms. The first-order valence-electron chi connectivity index (χ1n) is 2.75. The van der Waals surface area contributed by atoms with Crippen LogP contribution in [0.25, 0.3) is 0 Å². The van der Waals surface area contributed by atoms with Crippen LogP contribution in [-0.4, -0.2) is 8.41 Å². The van der Waals surface area contributed by atoms with Gasteiger partial charge in [0.15, 0.2) is 0 Å². The SMILES string of the molecule is B.CCCCC#CON. The summed E-state index contributed by atoms with van der Waals surface area (Å²) >= 11 is 0. The molecule has 0 rings (SSSR count). The van der Waals surface area contributed by atoms with Gasteiger partial charge in [-0.15, -0.1) is 0 Å². The Balaban J connectivity index is 0. The number of hydrogen-bond donors (Lipinski definition) is 1. The van der Waals surface area contributed by atoms with Crippen LogP contribution in [0.4, 0.5) is 0 Å². The van der Waals surface area contributed by atoms with Gasteiger partial charge >= 0.3 is 0 Å². The average molecular weight is 127 g/mol. The average Bonchev–Trinajstić information content (AvgIpc) is 1.81. The van der Waals surface area contributed by atoms with E-state index in [1.807, 2.05) is 0 Å². The second-order valence-electron chi connectivity index (χ2n) is 1.50. The molecule has 52 valence electrons. The van der Waals surface area contributed by atoms with Crippen LogP contribution >= 0.6 is 0 Å². The van der Waals surface area contributed by atoms with Gasteiger partial charge in [-0.1, -0.05) is 19.3 Å². The third-order valence-corrected chi connectivity index (χ3v) is 0.786. The van der Waals surface area contributed by atoms with Crippen molar-refractivity contribution in [3.63, 3.8) is 0 Å². The van der Waals surface area contributed by atoms with Gasteiger partial charge in [-0.25, -0.2) is 0 Å². The van der Waals surface area contributed by atoms with E-state index < -0.39 is 0 Å². The van der Waals surface area contributed by atoms with Crippen molar-refractivity contribution >= 4 is 8.41 Å². The van der Waals surface area contributed by atoms with Gasteiger partial charge in [-0.05, 0) is 6.42 Å². The number of nitrogens with two attached hydrogens (primary N) is 1. The van der Waals surface area contributed by atoms with E-state index in [4.69, 9.17) is 0 Å². The van der Waals surface area contributed by atoms with Crippen LogP contribution in [0.2, 0.25) is 0 Å². The fourth-order valence-corrected chi connectivity index (χ4v) is 0.358. The van der Waals surface area contributed by atoms with E-state index in [0.29, 0.717) is 0 Å². The van der Waals surface area contributed by atoms with E-state index >= 15 is 0 Å². The second kappa shape index (κ2) is 10.4. The van der Waals surface area contributed by atoms with Crippen molar-refractivity contribution in [1.29, 1.82) is 0 Å². The van der Waals surface area contributed by atoms with Crippen molar-refractivity contribution in [2.24, 2.45) is 5.90 Å². The van der Waals surface area contributed by atoms with Gasteiger partial charge in [0.1, 0.15) is 6.11 Å². The third-order valence-electron chi connectivity index (χ3n) is 0.786. The van der Waals surface area contributed by atoms with Crippen molar-refractivity contribution < 1.29 is 4.84 Å². The van der Waals surface area contributed by atoms with Gasteiger partial charge in [0, 0.05) is 6.42 Å². The normalized spacial score (nSPS) is 6.44. The lowest BCUT2D eigenvalue weighted by atomic mass is 10.3. The molecule has 3 heteroatoms. The molecular weight excluding hydrogens is 113 g/mol. The minimum Gasteiger partial charge on any atom is -0.359 e. The Morgan fingerprint density at radius 3 is 2.67 bits per heavy atom. The molecule has 0 amide bonds. The molecule has 0 fully saturated rings. The maximum Gasteiger partial charge on any atom is 0.137 e. The van der Waals surface area contributed by atoms with Crippen molar-refractivity contribution in [2.75, 3.05) is 0 Å². The van der Waals surface area contributed by atoms with Crippen molar-refractivity contribution in [3.05, 3.63) is 0 Å². The highest BCUT2D eigenvalue weighted by atomic mass is 16.6. The standard InChI is InChI=1S/C6H11NO.BH3/c1-2-3-4-5-6-8-7;/h2-4,7H2,1H3;1H3. The summed E-state index contributed by atoms with van der Waals surface area (Å²) in [5, 5.41) is 0. The molecule has 0 atom stereocenters. The molecule has 0 aromatic rings. The predicted octanol–water partition coefficient (Wildman–Crippen LogP) is -0.156. The molecule has 0 aromatic carbocycles. The summed E-state index contributed by atoms with van der Waals surface area (Å²) in [7, 11) is 0. The summed E-state index contributed by atoms with van der Waals surface area (Å²) in [5.41, 5.74) is 0. The van der Waals surface area contributed by atoms with E-state index in [-0.39, 0.29) is 8.41 Å². The van der Waals surface area contributed by atoms with Gasteiger partial charge in [0.2, 0.25) is 0 Å². The summed E-state index contributed by atoms with van der Waals surface area (Å²) in [6.45, 7) is 2.12. The maximum atomic E-state index is 4.64. The fraction of sp³-hybridized carbons (Fsp3) is 0.667. The van der Waals surface area contributed by atoms with Gasteiger partial charge < -0.3 is 4.84 Å². The summed E-state index contributed by atoms with van der Waals surface area (Å²) in [5.74, 6) is 7.38. The van der Waals surface area contributed by atoms with Gasteiger partial charge in [-0.2, -0.15) is 5.90 Å². The Hall–Kier alpha value is -0.615. The maximum absolute atomic E-state index is 4.64. The van der Waals surface area contributed by atoms with Crippen LogP contribution < -0.4 is 5.90 Å². The molecule has 0 aliphatic heterocycles. The molecule has 0 unspecified atom stereocenters. The zero-order valence-corrected chi connectivity index (χ0v) is 5.11. The molecule has 2 N–H and O–H groups in total. The molecule has 0 radical (unpaired) electrons. The topological polar surface area (TPSA) is 35.2 Å². The molecule has 0 bridgehead atoms. The highest BCUT2D eigenvalue weighted by Gasteiger charge is 1.74. The van der Waals surface area contributed by atoms with E-state index in [1.165, 1.54) is 6.42 Å². The Kier molecular flexibility index (Phi) is 12.9. The van der Waals surface area contributed by atoms with Crippen LogP contribution in [0.1, 0.15) is 26.2 Å². The van der Waals surface area contributed by atoms with Gasteiger partial charge in [-0.3, -0.25) is 0 Å². The Bertz CT molecular complexity index is 95.0. The zero-order valence-electron chi connectivity index (χ0n) is 5.11. The number of unbranched alkanes of at least 4 members (excludes halogenated alkanes) is 2. The summed E-state index contributed by atoms with van der Waals surface area (Å²) in [4.78, 5) is 4.03. The molecule has 0 saturated heterocycles. The van der Waals surface area contributed by atoms with E-state index in [0.717, 1.165) is 12.8 Å². The largest absolute Gasteiger partial charge is 0.359 e. The van der Waals surface area contributed by atoms with Crippen LogP contribution in [0.5, 0.6) is 0 Å². The Morgan fingerprint density at radius 2 is 2.22 bits per heavy atom. The van der Waals surface area contributed by atoms with Crippen molar-refractivity contribution in [1.82, 2.24) is 0 Å². The van der Waals surface area contributed by atoms with Crippen LogP contribution in [0.3, 0.4) is 0 Å². The first-order chi connectivity index (χ1) is 3.91. The highest BCUT2D eigenvalue weighted by Crippen LogP contribution is 1.89. The zero-order chi connectivity index (χ0) is 6.24. The van der Waals surface area contributed by atoms with Crippen LogP contribution in [-0.2, 0) is 4.84 Å². The van der Waals surface area contributed by atoms with Crippen LogP contribution in [0, 0.1) is 12.0 Å². The molecule has 0 saturated carbocycles. The highest BCUT2D eigenvalue weighted by molar-refractivity contribution is 5.75. The first kappa shape index (κ1) is 11.2. The quantitative estimate of drug-likeness (QED) is 0.242. The predicted molar refractivity (Wildman–Crippen MR) is 42.5 cm³/mol. The Labute approximate surface area is 58.3 Å². The monoisotopic (exact) mass is 127 g/mol. The van der Waals surface area contributed by atoms with Gasteiger partial charge in [0.25, 0.3) is 0 Å². The molecule has 0 aliphatic carbocycles. The molecule has 2 nitrogen and oxygen atoms in total. The lowest BCUT2D eigenvalue weighted by Crippen LogP contribution is -1.87. The summed E-state index contributed by atoms with van der Waals surface area (Å²) in [6, 6.07) is 0. The molecular formula is C6H14BNO. The van der Waals surface area contributed by atoms with Crippen molar-refractivity contribution in [3.8, 4) is 12.0 Å². The Morgan fingerprint density at radius 1 is 1.56 bits per heavy atom. The smallest absolute Gasteiger partial charge is 0.137 e. The minimum atomic E-state index is 0. The van der Waals surface area contributed by atoms with E-state index in [1.54, 1.807) is 0 Å². The minimum absolute atomic E-state index is 0. The fourth-order valence-electron chi connectivity index (χ4n) is 0.358. The molecule has 0 aliphatic rings. The molecule has 0 aromatic heterocycles. The number of hydrogen-bond acceptors (Lipinski definition) is 2.